The van der Waals surface area contributed by atoms with Crippen LogP contribution in [0, 0.1) is 6.92 Å². The highest BCUT2D eigenvalue weighted by Gasteiger charge is 2.17. The van der Waals surface area contributed by atoms with E-state index >= 15 is 0 Å². The number of amides is 1. The normalized spacial score (nSPS) is 10.6. The Balaban J connectivity index is 1.97. The van der Waals surface area contributed by atoms with Gasteiger partial charge in [-0.2, -0.15) is 0 Å². The number of hydrogen-bond donors (Lipinski definition) is 2. The number of carbonyl (C=O) groups excluding carboxylic acids is 1. The third-order valence-electron chi connectivity index (χ3n) is 3.28. The number of nitrogens with zero attached hydrogens (tertiary/aromatic N) is 1. The van der Waals surface area contributed by atoms with Gasteiger partial charge in [0.05, 0.1) is 18.4 Å². The van der Waals surface area contributed by atoms with E-state index in [0.29, 0.717) is 5.69 Å². The van der Waals surface area contributed by atoms with Gasteiger partial charge in [-0.05, 0) is 36.8 Å². The van der Waals surface area contributed by atoms with Crippen LogP contribution in [0.5, 0.6) is 11.5 Å². The predicted octanol–water partition coefficient (Wildman–Crippen LogP) is 3.57. The van der Waals surface area contributed by atoms with Gasteiger partial charge in [-0.3, -0.25) is 4.79 Å². The molecular weight excluding hydrogens is 300 g/mol. The van der Waals surface area contributed by atoms with Crippen LogP contribution in [0.4, 0.5) is 5.69 Å². The number of nitrogens with one attached hydrogen (secondary N) is 1. The molecule has 0 saturated heterocycles. The van der Waals surface area contributed by atoms with Gasteiger partial charge in [0.2, 0.25) is 0 Å². The standard InChI is InChI=1S/C16H14N2O3S/c1-9-6-11(14(19)13(7-9)21-2)15(20)18-12-8-22-16-10(12)4-3-5-17-16/h3-8,19H,1-2H3,(H,18,20). The molecule has 0 unspecified atom stereocenters. The van der Waals surface area contributed by atoms with Crippen LogP contribution in [0.15, 0.2) is 35.8 Å². The van der Waals surface area contributed by atoms with E-state index in [1.54, 1.807) is 18.3 Å². The number of phenols is 1. The van der Waals surface area contributed by atoms with Crippen molar-refractivity contribution < 1.29 is 14.6 Å². The van der Waals surface area contributed by atoms with Crippen LogP contribution in [-0.4, -0.2) is 23.1 Å². The molecule has 0 aliphatic rings. The average molecular weight is 314 g/mol. The second-order valence-electron chi connectivity index (χ2n) is 4.82. The smallest absolute Gasteiger partial charge is 0.259 e. The number of benzene rings is 1. The molecule has 1 amide bonds. The minimum absolute atomic E-state index is 0.164. The number of aromatic hydroxyl groups is 1. The number of rotatable bonds is 3. The van der Waals surface area contributed by atoms with Crippen LogP contribution in [0.25, 0.3) is 10.2 Å². The molecule has 2 N–H and O–H groups in total. The summed E-state index contributed by atoms with van der Waals surface area (Å²) < 4.78 is 5.08. The molecule has 3 aromatic rings. The first-order valence-corrected chi connectivity index (χ1v) is 7.49. The molecule has 0 saturated carbocycles. The van der Waals surface area contributed by atoms with E-state index in [1.165, 1.54) is 18.4 Å². The maximum atomic E-state index is 12.5. The molecular formula is C16H14N2O3S. The van der Waals surface area contributed by atoms with Crippen LogP contribution >= 0.6 is 11.3 Å². The Bertz CT molecular complexity index is 858. The van der Waals surface area contributed by atoms with Crippen LogP contribution in [0.3, 0.4) is 0 Å². The number of carbonyl (C=O) groups is 1. The van der Waals surface area contributed by atoms with Crippen molar-refractivity contribution in [2.75, 3.05) is 12.4 Å². The minimum atomic E-state index is -0.386. The van der Waals surface area contributed by atoms with E-state index < -0.39 is 0 Å². The molecule has 0 spiro atoms. The van der Waals surface area contributed by atoms with Crippen molar-refractivity contribution in [3.05, 3.63) is 47.0 Å². The lowest BCUT2D eigenvalue weighted by molar-refractivity contribution is 0.102. The summed E-state index contributed by atoms with van der Waals surface area (Å²) in [7, 11) is 1.45. The monoisotopic (exact) mass is 314 g/mol. The topological polar surface area (TPSA) is 71.5 Å². The molecule has 2 aromatic heterocycles. The molecule has 6 heteroatoms. The zero-order valence-electron chi connectivity index (χ0n) is 12.1. The molecule has 1 aromatic carbocycles. The van der Waals surface area contributed by atoms with Gasteiger partial charge in [0.1, 0.15) is 4.83 Å². The summed E-state index contributed by atoms with van der Waals surface area (Å²) in [5.74, 6) is -0.270. The van der Waals surface area contributed by atoms with Gasteiger partial charge in [-0.15, -0.1) is 11.3 Å². The number of thiophene rings is 1. The van der Waals surface area contributed by atoms with Gasteiger partial charge in [0.25, 0.3) is 5.91 Å². The maximum absolute atomic E-state index is 12.5. The molecule has 112 valence electrons. The highest BCUT2D eigenvalue weighted by atomic mass is 32.1. The highest BCUT2D eigenvalue weighted by Crippen LogP contribution is 2.33. The third kappa shape index (κ3) is 2.48. The first-order valence-electron chi connectivity index (χ1n) is 6.61. The van der Waals surface area contributed by atoms with Crippen molar-refractivity contribution in [1.82, 2.24) is 4.98 Å². The summed E-state index contributed by atoms with van der Waals surface area (Å²) in [5, 5.41) is 15.7. The lowest BCUT2D eigenvalue weighted by Gasteiger charge is -2.10. The van der Waals surface area contributed by atoms with E-state index in [1.807, 2.05) is 24.4 Å². The molecule has 2 heterocycles. The fraction of sp³-hybridized carbons (Fsp3) is 0.125. The third-order valence-corrected chi connectivity index (χ3v) is 4.18. The summed E-state index contributed by atoms with van der Waals surface area (Å²) in [6, 6.07) is 7.01. The van der Waals surface area contributed by atoms with E-state index in [0.717, 1.165) is 15.8 Å². The number of ether oxygens (including phenoxy) is 1. The number of methoxy groups -OCH3 is 1. The number of anilines is 1. The molecule has 0 aliphatic carbocycles. The van der Waals surface area contributed by atoms with E-state index in [4.69, 9.17) is 4.74 Å². The number of fused-ring (bicyclic) bond motifs is 1. The lowest BCUT2D eigenvalue weighted by Crippen LogP contribution is -2.12. The van der Waals surface area contributed by atoms with Crippen molar-refractivity contribution in [3.63, 3.8) is 0 Å². The Labute approximate surface area is 131 Å². The summed E-state index contributed by atoms with van der Waals surface area (Å²) in [5.41, 5.74) is 1.69. The number of aromatic nitrogens is 1. The van der Waals surface area contributed by atoms with Gasteiger partial charge in [0, 0.05) is 17.0 Å². The number of hydrogen-bond acceptors (Lipinski definition) is 5. The first-order chi connectivity index (χ1) is 10.6. The molecule has 0 bridgehead atoms. The molecule has 5 nitrogen and oxygen atoms in total. The summed E-state index contributed by atoms with van der Waals surface area (Å²) in [6.07, 6.45) is 1.71. The minimum Gasteiger partial charge on any atom is -0.504 e. The maximum Gasteiger partial charge on any atom is 0.259 e. The summed E-state index contributed by atoms with van der Waals surface area (Å²) in [6.45, 7) is 1.84. The Morgan fingerprint density at radius 1 is 1.41 bits per heavy atom. The predicted molar refractivity (Wildman–Crippen MR) is 87.0 cm³/mol. The quantitative estimate of drug-likeness (QED) is 0.775. The summed E-state index contributed by atoms with van der Waals surface area (Å²) >= 11 is 1.45. The molecule has 0 fully saturated rings. The highest BCUT2D eigenvalue weighted by molar-refractivity contribution is 7.17. The van der Waals surface area contributed by atoms with Crippen molar-refractivity contribution in [3.8, 4) is 11.5 Å². The molecule has 3 rings (SSSR count). The largest absolute Gasteiger partial charge is 0.504 e. The number of pyridine rings is 1. The average Bonchev–Trinajstić information content (AvgIpc) is 2.92. The number of phenolic OH excluding ortho intramolecular Hbond substituents is 1. The molecule has 0 aliphatic heterocycles. The van der Waals surface area contributed by atoms with Gasteiger partial charge in [0.15, 0.2) is 11.5 Å². The van der Waals surface area contributed by atoms with Crippen molar-refractivity contribution in [2.24, 2.45) is 0 Å². The van der Waals surface area contributed by atoms with Gasteiger partial charge in [-0.1, -0.05) is 0 Å². The molecule has 0 radical (unpaired) electrons. The van der Waals surface area contributed by atoms with Crippen molar-refractivity contribution in [2.45, 2.75) is 6.92 Å². The molecule has 22 heavy (non-hydrogen) atoms. The zero-order valence-corrected chi connectivity index (χ0v) is 12.9. The molecule has 0 atom stereocenters. The first kappa shape index (κ1) is 14.3. The number of aryl methyl sites for hydroxylation is 1. The van der Waals surface area contributed by atoms with E-state index in [9.17, 15) is 9.90 Å². The Morgan fingerprint density at radius 2 is 2.23 bits per heavy atom. The summed E-state index contributed by atoms with van der Waals surface area (Å²) in [4.78, 5) is 17.5. The second-order valence-corrected chi connectivity index (χ2v) is 5.68. The second kappa shape index (κ2) is 5.65. The SMILES string of the molecule is COc1cc(C)cc(C(=O)Nc2csc3ncccc23)c1O. The van der Waals surface area contributed by atoms with Crippen LogP contribution in [0.1, 0.15) is 15.9 Å². The Kier molecular flexibility index (Phi) is 3.68. The fourth-order valence-corrected chi connectivity index (χ4v) is 3.07. The van der Waals surface area contributed by atoms with Gasteiger partial charge >= 0.3 is 0 Å². The van der Waals surface area contributed by atoms with Gasteiger partial charge in [-0.25, -0.2) is 4.98 Å². The van der Waals surface area contributed by atoms with Gasteiger partial charge < -0.3 is 15.2 Å². The van der Waals surface area contributed by atoms with Crippen LogP contribution in [0.2, 0.25) is 0 Å². The Morgan fingerprint density at radius 3 is 3.00 bits per heavy atom. The van der Waals surface area contributed by atoms with E-state index in [-0.39, 0.29) is 23.0 Å². The van der Waals surface area contributed by atoms with Crippen LogP contribution < -0.4 is 10.1 Å². The van der Waals surface area contributed by atoms with Crippen LogP contribution in [-0.2, 0) is 0 Å². The van der Waals surface area contributed by atoms with Crippen molar-refractivity contribution in [1.29, 1.82) is 0 Å². The Hall–Kier alpha value is -2.60. The van der Waals surface area contributed by atoms with Crippen molar-refractivity contribution >= 4 is 33.1 Å². The fourth-order valence-electron chi connectivity index (χ4n) is 2.23. The van der Waals surface area contributed by atoms with E-state index in [2.05, 4.69) is 10.3 Å². The zero-order chi connectivity index (χ0) is 15.7. The lowest BCUT2D eigenvalue weighted by atomic mass is 10.1.